The van der Waals surface area contributed by atoms with Gasteiger partial charge in [-0.2, -0.15) is 0 Å². The first kappa shape index (κ1) is 38.7. The Morgan fingerprint density at radius 3 is 2.33 bits per heavy atom. The molecule has 5 rings (SSSR count). The Morgan fingerprint density at radius 1 is 1.00 bits per heavy atom. The molecule has 1 saturated heterocycles. The normalized spacial score (nSPS) is 16.8. The summed E-state index contributed by atoms with van der Waals surface area (Å²) < 4.78 is 44.7. The van der Waals surface area contributed by atoms with Crippen molar-refractivity contribution in [2.24, 2.45) is 0 Å². The number of hydrogen-bond donors (Lipinski definition) is 0. The van der Waals surface area contributed by atoms with Crippen LogP contribution in [0.25, 0.3) is 17.4 Å². The van der Waals surface area contributed by atoms with Crippen molar-refractivity contribution in [3.05, 3.63) is 82.6 Å². The zero-order valence-electron chi connectivity index (χ0n) is 31.2. The van der Waals surface area contributed by atoms with E-state index < -0.39 is 33.3 Å². The van der Waals surface area contributed by atoms with Crippen LogP contribution in [0, 0.1) is 0 Å². The first-order valence-electron chi connectivity index (χ1n) is 18.0. The third-order valence-corrected chi connectivity index (χ3v) is 10.6. The van der Waals surface area contributed by atoms with Gasteiger partial charge in [0.15, 0.2) is 0 Å². The number of carbonyl (C=O) groups is 3. The molecular weight excluding hydrogens is 683 g/mol. The molecule has 12 heteroatoms. The van der Waals surface area contributed by atoms with Gasteiger partial charge >= 0.3 is 5.97 Å². The fourth-order valence-corrected chi connectivity index (χ4v) is 7.31. The van der Waals surface area contributed by atoms with Gasteiger partial charge in [-0.15, -0.1) is 5.06 Å². The number of nitrogens with zero attached hydrogens (tertiary/aromatic N) is 3. The van der Waals surface area contributed by atoms with E-state index in [2.05, 4.69) is 74.4 Å². The van der Waals surface area contributed by atoms with E-state index in [1.807, 2.05) is 26.0 Å². The van der Waals surface area contributed by atoms with Crippen LogP contribution in [0.1, 0.15) is 104 Å². The van der Waals surface area contributed by atoms with Crippen LogP contribution < -0.4 is 14.8 Å². The van der Waals surface area contributed by atoms with E-state index in [0.717, 1.165) is 58.0 Å². The van der Waals surface area contributed by atoms with E-state index in [9.17, 15) is 27.4 Å². The molecule has 0 radical (unpaired) electrons. The van der Waals surface area contributed by atoms with Gasteiger partial charge in [0.1, 0.15) is 34.7 Å². The smallest absolute Gasteiger partial charge is 0.333 e. The molecule has 0 bridgehead atoms. The lowest BCUT2D eigenvalue weighted by Crippen LogP contribution is -2.32. The molecule has 0 spiro atoms. The Labute approximate surface area is 306 Å². The molecule has 1 aromatic rings. The van der Waals surface area contributed by atoms with Gasteiger partial charge < -0.3 is 18.7 Å². The summed E-state index contributed by atoms with van der Waals surface area (Å²) in [5, 5.41) is 1.66. The Kier molecular flexibility index (Phi) is 11.3. The summed E-state index contributed by atoms with van der Waals surface area (Å²) in [7, 11) is -4.66. The van der Waals surface area contributed by atoms with Crippen molar-refractivity contribution in [3.8, 4) is 11.3 Å². The number of benzene rings is 2. The Balaban J connectivity index is 1.43. The molecule has 0 saturated carbocycles. The van der Waals surface area contributed by atoms with Gasteiger partial charge in [0.05, 0.1) is 11.0 Å². The first-order valence-corrected chi connectivity index (χ1v) is 19.4. The summed E-state index contributed by atoms with van der Waals surface area (Å²) in [4.78, 5) is 42.7. The van der Waals surface area contributed by atoms with Crippen molar-refractivity contribution in [2.45, 2.75) is 103 Å². The summed E-state index contributed by atoms with van der Waals surface area (Å²) in [5.74, 6) is 0.00346. The Bertz CT molecular complexity index is 2060. The number of amides is 2. The molecule has 0 N–H and O–H groups in total. The van der Waals surface area contributed by atoms with E-state index >= 15 is 0 Å². The van der Waals surface area contributed by atoms with Crippen molar-refractivity contribution in [1.29, 1.82) is 0 Å². The Hall–Kier alpha value is -4.55. The zero-order valence-corrected chi connectivity index (χ0v) is 32.0. The number of rotatable bonds is 12. The highest BCUT2D eigenvalue weighted by Gasteiger charge is 2.40. The second-order valence-electron chi connectivity index (χ2n) is 14.8. The van der Waals surface area contributed by atoms with Crippen LogP contribution in [0.2, 0.25) is 0 Å². The summed E-state index contributed by atoms with van der Waals surface area (Å²) >= 11 is 0. The van der Waals surface area contributed by atoms with Crippen LogP contribution in [0.3, 0.4) is 0 Å². The van der Waals surface area contributed by atoms with Gasteiger partial charge in [-0.1, -0.05) is 53.2 Å². The molecule has 1 fully saturated rings. The molecular formula is C40H49N3O8S. The molecule has 1 aliphatic carbocycles. The van der Waals surface area contributed by atoms with E-state index in [4.69, 9.17) is 9.25 Å². The van der Waals surface area contributed by atoms with E-state index in [0.29, 0.717) is 30.9 Å². The minimum Gasteiger partial charge on any atom is -0.744 e. The molecule has 2 amide bonds. The fourth-order valence-electron chi connectivity index (χ4n) is 6.81. The summed E-state index contributed by atoms with van der Waals surface area (Å²) in [6.07, 6.45) is 8.06. The number of hydrogen-bond acceptors (Lipinski definition) is 9. The van der Waals surface area contributed by atoms with E-state index in [1.165, 1.54) is 12.1 Å². The molecule has 11 nitrogen and oxygen atoms in total. The topological polar surface area (TPSA) is 140 Å². The van der Waals surface area contributed by atoms with E-state index in [1.54, 1.807) is 6.07 Å². The highest BCUT2D eigenvalue weighted by Crippen LogP contribution is 2.48. The van der Waals surface area contributed by atoms with Crippen LogP contribution >= 0.6 is 0 Å². The van der Waals surface area contributed by atoms with Crippen molar-refractivity contribution in [3.63, 3.8) is 0 Å². The number of carbonyl (C=O) groups excluding carboxylic acids is 3. The summed E-state index contributed by atoms with van der Waals surface area (Å²) in [6.45, 7) is 17.0. The maximum Gasteiger partial charge on any atom is 0.333 e. The van der Waals surface area contributed by atoms with Gasteiger partial charge in [-0.25, -0.2) is 17.8 Å². The Morgan fingerprint density at radius 2 is 1.69 bits per heavy atom. The van der Waals surface area contributed by atoms with Crippen molar-refractivity contribution >= 4 is 39.7 Å². The van der Waals surface area contributed by atoms with Crippen molar-refractivity contribution in [2.75, 3.05) is 24.5 Å². The highest BCUT2D eigenvalue weighted by atomic mass is 32.2. The lowest BCUT2D eigenvalue weighted by atomic mass is 9.83. The monoisotopic (exact) mass is 731 g/mol. The average molecular weight is 732 g/mol. The quantitative estimate of drug-likeness (QED) is 0.0914. The summed E-state index contributed by atoms with van der Waals surface area (Å²) in [5.41, 5.74) is 3.58. The maximum atomic E-state index is 12.3. The van der Waals surface area contributed by atoms with Crippen molar-refractivity contribution < 1.29 is 36.6 Å². The molecule has 52 heavy (non-hydrogen) atoms. The molecule has 1 aromatic carbocycles. The number of fused-ring (bicyclic) bond motifs is 2. The van der Waals surface area contributed by atoms with Gasteiger partial charge in [0.2, 0.25) is 5.36 Å². The molecule has 0 unspecified atom stereocenters. The molecule has 0 aromatic heterocycles. The van der Waals surface area contributed by atoms with Crippen molar-refractivity contribution in [1.82, 2.24) is 9.64 Å². The van der Waals surface area contributed by atoms with Gasteiger partial charge in [-0.3, -0.25) is 9.59 Å². The SMILES string of the molecule is CC[N+](CC)=c1ccc2c(/C=C/C=C3/N(CCCCCC(=O)ON4C(=O)CCC4=O)c4ccc(S(=O)(=O)[O-])cc4C3(C)C)cc(C(C)(C)C)oc-2c1. The van der Waals surface area contributed by atoms with E-state index in [-0.39, 0.29) is 29.6 Å². The van der Waals surface area contributed by atoms with Gasteiger partial charge in [0.25, 0.3) is 11.8 Å². The van der Waals surface area contributed by atoms with Gasteiger partial charge in [-0.05, 0) is 74.2 Å². The van der Waals surface area contributed by atoms with Gasteiger partial charge in [0, 0.05) is 59.7 Å². The minimum absolute atomic E-state index is 0.0422. The second-order valence-corrected chi connectivity index (χ2v) is 16.2. The molecule has 0 atom stereocenters. The predicted octanol–water partition coefficient (Wildman–Crippen LogP) is 6.26. The molecule has 4 aliphatic rings. The minimum atomic E-state index is -4.66. The fraction of sp³-hybridized carbons (Fsp3) is 0.450. The average Bonchev–Trinajstić information content (AvgIpc) is 3.50. The molecule has 278 valence electrons. The van der Waals surface area contributed by atoms with Crippen LogP contribution in [-0.4, -0.2) is 55.5 Å². The maximum absolute atomic E-state index is 12.3. The number of allylic oxidation sites excluding steroid dienone is 3. The second kappa shape index (κ2) is 15.2. The number of hydroxylamine groups is 2. The first-order chi connectivity index (χ1) is 24.4. The van der Waals surface area contributed by atoms with Crippen LogP contribution in [0.5, 0.6) is 0 Å². The largest absolute Gasteiger partial charge is 0.744 e. The summed E-state index contributed by atoms with van der Waals surface area (Å²) in [6, 6.07) is 12.9. The molecule has 3 aliphatic heterocycles. The predicted molar refractivity (Wildman–Crippen MR) is 198 cm³/mol. The zero-order chi connectivity index (χ0) is 38.0. The lowest BCUT2D eigenvalue weighted by molar-refractivity contribution is -0.197. The standard InChI is InChI=1S/C40H49N3O8S/c1-8-41(9-2)28-17-19-30-27(24-35(39(3,4)5)50-33(30)25-28)14-13-15-34-40(6,7)31-26-29(52(47,48)49)18-20-32(31)42(34)23-12-10-11-16-38(46)51-43-36(44)21-22-37(43)45/h13-15,17-20,24-26H,8-12,16,21-23H2,1-7H3. The molecule has 3 heterocycles. The van der Waals surface area contributed by atoms with Crippen LogP contribution in [0.4, 0.5) is 5.69 Å². The third kappa shape index (κ3) is 8.23. The lowest BCUT2D eigenvalue weighted by Gasteiger charge is -2.27. The number of unbranched alkanes of at least 4 members (excludes halogenated alkanes) is 2. The highest BCUT2D eigenvalue weighted by molar-refractivity contribution is 7.85. The third-order valence-electron chi connectivity index (χ3n) is 9.79. The number of imide groups is 1. The van der Waals surface area contributed by atoms with Crippen LogP contribution in [-0.2, 0) is 40.2 Å². The van der Waals surface area contributed by atoms with Crippen LogP contribution in [0.15, 0.2) is 69.6 Å². The number of anilines is 1.